The molecule has 0 aliphatic heterocycles. The van der Waals surface area contributed by atoms with E-state index in [0.717, 1.165) is 6.42 Å². The maximum Gasteiger partial charge on any atom is 0.434 e. The highest BCUT2D eigenvalue weighted by Gasteiger charge is 2.60. The van der Waals surface area contributed by atoms with Crippen molar-refractivity contribution in [2.45, 2.75) is 112 Å². The van der Waals surface area contributed by atoms with Crippen LogP contribution in [0.25, 0.3) is 0 Å². The summed E-state index contributed by atoms with van der Waals surface area (Å²) in [5, 5.41) is 0. The normalized spacial score (nSPS) is 15.6. The number of alkyl halides is 6. The molecule has 4 nitrogen and oxygen atoms in total. The summed E-state index contributed by atoms with van der Waals surface area (Å²) in [6, 6.07) is 0. The van der Waals surface area contributed by atoms with Crippen molar-refractivity contribution in [2.75, 3.05) is 0 Å². The minimum atomic E-state index is -5.81. The van der Waals surface area contributed by atoms with Gasteiger partial charge in [-0.1, -0.05) is 54.9 Å². The predicted octanol–water partition coefficient (Wildman–Crippen LogP) is 7.00. The summed E-state index contributed by atoms with van der Waals surface area (Å²) in [6.07, 6.45) is -15.5. The van der Waals surface area contributed by atoms with E-state index < -0.39 is 47.8 Å². The molecule has 0 aliphatic rings. The summed E-state index contributed by atoms with van der Waals surface area (Å²) in [4.78, 5) is 25.3. The van der Waals surface area contributed by atoms with E-state index >= 15 is 0 Å². The largest absolute Gasteiger partial charge is 0.458 e. The SMILES string of the molecule is CCC(C)(C)CC(C)(C(=O)OC(CC)(CC)CC(=O)OC(C(F)(F)F)C(F)(F)F)C(C)C. The van der Waals surface area contributed by atoms with Crippen LogP contribution in [0.1, 0.15) is 87.5 Å². The molecule has 0 aromatic rings. The van der Waals surface area contributed by atoms with E-state index in [1.54, 1.807) is 6.92 Å². The van der Waals surface area contributed by atoms with Crippen LogP contribution in [0, 0.1) is 16.7 Å². The van der Waals surface area contributed by atoms with Crippen LogP contribution in [0.2, 0.25) is 0 Å². The molecule has 0 saturated carbocycles. The number of hydrogen-bond donors (Lipinski definition) is 0. The fourth-order valence-corrected chi connectivity index (χ4v) is 3.38. The van der Waals surface area contributed by atoms with Crippen molar-refractivity contribution in [3.05, 3.63) is 0 Å². The molecule has 0 N–H and O–H groups in total. The zero-order valence-electron chi connectivity index (χ0n) is 20.1. The van der Waals surface area contributed by atoms with Gasteiger partial charge in [0.15, 0.2) is 0 Å². The van der Waals surface area contributed by atoms with Crippen LogP contribution in [0.3, 0.4) is 0 Å². The van der Waals surface area contributed by atoms with Gasteiger partial charge in [0.1, 0.15) is 5.60 Å². The third-order valence-corrected chi connectivity index (χ3v) is 6.45. The Hall–Kier alpha value is -1.48. The first-order valence-electron chi connectivity index (χ1n) is 10.8. The number of carbonyl (C=O) groups is 2. The Labute approximate surface area is 186 Å². The summed E-state index contributed by atoms with van der Waals surface area (Å²) in [7, 11) is 0. The first kappa shape index (κ1) is 30.5. The number of rotatable bonds is 11. The first-order valence-corrected chi connectivity index (χ1v) is 10.8. The zero-order chi connectivity index (χ0) is 25.8. The van der Waals surface area contributed by atoms with E-state index in [9.17, 15) is 35.9 Å². The summed E-state index contributed by atoms with van der Waals surface area (Å²) >= 11 is 0. The van der Waals surface area contributed by atoms with Crippen molar-refractivity contribution < 1.29 is 45.4 Å². The molecule has 0 aromatic carbocycles. The molecule has 0 aliphatic carbocycles. The third kappa shape index (κ3) is 8.14. The molecule has 190 valence electrons. The summed E-state index contributed by atoms with van der Waals surface area (Å²) in [5.74, 6) is -2.55. The summed E-state index contributed by atoms with van der Waals surface area (Å²) in [6.45, 7) is 14.4. The second kappa shape index (κ2) is 10.6. The lowest BCUT2D eigenvalue weighted by atomic mass is 9.67. The zero-order valence-corrected chi connectivity index (χ0v) is 20.1. The Balaban J connectivity index is 5.80. The maximum atomic E-state index is 13.2. The Morgan fingerprint density at radius 3 is 1.56 bits per heavy atom. The molecule has 1 atom stereocenters. The molecule has 0 spiro atoms. The van der Waals surface area contributed by atoms with Gasteiger partial charge in [0.2, 0.25) is 0 Å². The van der Waals surface area contributed by atoms with Crippen molar-refractivity contribution in [1.29, 1.82) is 0 Å². The van der Waals surface area contributed by atoms with Crippen LogP contribution in [-0.2, 0) is 19.1 Å². The third-order valence-electron chi connectivity index (χ3n) is 6.45. The molecule has 0 fully saturated rings. The minimum absolute atomic E-state index is 0.0123. The fraction of sp³-hybridized carbons (Fsp3) is 0.909. The smallest absolute Gasteiger partial charge is 0.434 e. The van der Waals surface area contributed by atoms with Crippen LogP contribution in [0.5, 0.6) is 0 Å². The average molecular weight is 479 g/mol. The highest BCUT2D eigenvalue weighted by molar-refractivity contribution is 5.78. The Morgan fingerprint density at radius 2 is 1.25 bits per heavy atom. The van der Waals surface area contributed by atoms with Gasteiger partial charge >= 0.3 is 24.3 Å². The highest BCUT2D eigenvalue weighted by atomic mass is 19.4. The maximum absolute atomic E-state index is 13.2. The average Bonchev–Trinajstić information content (AvgIpc) is 2.63. The fourth-order valence-electron chi connectivity index (χ4n) is 3.38. The number of esters is 2. The quantitative estimate of drug-likeness (QED) is 0.237. The second-order valence-corrected chi connectivity index (χ2v) is 9.68. The minimum Gasteiger partial charge on any atom is -0.458 e. The molecule has 0 radical (unpaired) electrons. The number of halogens is 6. The van der Waals surface area contributed by atoms with Crippen molar-refractivity contribution in [3.63, 3.8) is 0 Å². The van der Waals surface area contributed by atoms with E-state index in [-0.39, 0.29) is 24.2 Å². The molecule has 0 saturated heterocycles. The van der Waals surface area contributed by atoms with Crippen LogP contribution in [0.4, 0.5) is 26.3 Å². The van der Waals surface area contributed by atoms with E-state index in [4.69, 9.17) is 4.74 Å². The molecule has 1 unspecified atom stereocenters. The number of hydrogen-bond acceptors (Lipinski definition) is 4. The topological polar surface area (TPSA) is 52.6 Å². The predicted molar refractivity (Wildman–Crippen MR) is 108 cm³/mol. The van der Waals surface area contributed by atoms with Crippen molar-refractivity contribution in [2.24, 2.45) is 16.7 Å². The van der Waals surface area contributed by atoms with Gasteiger partial charge < -0.3 is 9.47 Å². The van der Waals surface area contributed by atoms with Crippen molar-refractivity contribution in [1.82, 2.24) is 0 Å². The molecule has 10 heteroatoms. The molecule has 0 bridgehead atoms. The van der Waals surface area contributed by atoms with Crippen LogP contribution in [-0.4, -0.2) is 36.0 Å². The molecule has 0 aromatic heterocycles. The van der Waals surface area contributed by atoms with Gasteiger partial charge in [-0.15, -0.1) is 0 Å². The molecule has 32 heavy (non-hydrogen) atoms. The van der Waals surface area contributed by atoms with Gasteiger partial charge in [0, 0.05) is 0 Å². The lowest BCUT2D eigenvalue weighted by Crippen LogP contribution is -2.48. The number of ether oxygens (including phenoxy) is 2. The Bertz CT molecular complexity index is 621. The van der Waals surface area contributed by atoms with E-state index in [1.165, 1.54) is 13.8 Å². The van der Waals surface area contributed by atoms with Crippen LogP contribution >= 0.6 is 0 Å². The highest BCUT2D eigenvalue weighted by Crippen LogP contribution is 2.44. The number of carbonyl (C=O) groups excluding carboxylic acids is 2. The van der Waals surface area contributed by atoms with E-state index in [0.29, 0.717) is 6.42 Å². The molecule has 0 amide bonds. The van der Waals surface area contributed by atoms with E-state index in [1.807, 2.05) is 34.6 Å². The van der Waals surface area contributed by atoms with Crippen molar-refractivity contribution >= 4 is 11.9 Å². The van der Waals surface area contributed by atoms with Crippen LogP contribution in [0.15, 0.2) is 0 Å². The van der Waals surface area contributed by atoms with Crippen LogP contribution < -0.4 is 0 Å². The first-order chi connectivity index (χ1) is 14.2. The lowest BCUT2D eigenvalue weighted by Gasteiger charge is -2.41. The standard InChI is InChI=1S/C22H36F6O4/c1-9-18(6,7)13-19(8,14(4)5)17(30)32-20(10-2,11-3)12-15(29)31-16(21(23,24)25)22(26,27)28/h14,16H,9-13H2,1-8H3. The van der Waals surface area contributed by atoms with E-state index in [2.05, 4.69) is 4.74 Å². The van der Waals surface area contributed by atoms with Gasteiger partial charge in [-0.3, -0.25) is 9.59 Å². The second-order valence-electron chi connectivity index (χ2n) is 9.68. The van der Waals surface area contributed by atoms with Gasteiger partial charge in [0.05, 0.1) is 11.8 Å². The Kier molecular flexibility index (Phi) is 10.1. The van der Waals surface area contributed by atoms with Gasteiger partial charge in [0.25, 0.3) is 6.10 Å². The monoisotopic (exact) mass is 478 g/mol. The summed E-state index contributed by atoms with van der Waals surface area (Å²) < 4.78 is 85.9. The molecular weight excluding hydrogens is 442 g/mol. The molecule has 0 rings (SSSR count). The lowest BCUT2D eigenvalue weighted by molar-refractivity contribution is -0.314. The molecule has 0 heterocycles. The molecular formula is C22H36F6O4. The van der Waals surface area contributed by atoms with Gasteiger partial charge in [-0.25, -0.2) is 0 Å². The van der Waals surface area contributed by atoms with Gasteiger partial charge in [-0.2, -0.15) is 26.3 Å². The van der Waals surface area contributed by atoms with Crippen molar-refractivity contribution in [3.8, 4) is 0 Å². The summed E-state index contributed by atoms with van der Waals surface area (Å²) in [5.41, 5.74) is -2.77. The Morgan fingerprint density at radius 1 is 0.812 bits per heavy atom. The van der Waals surface area contributed by atoms with Gasteiger partial charge in [-0.05, 0) is 37.5 Å².